The van der Waals surface area contributed by atoms with E-state index < -0.39 is 29.6 Å². The van der Waals surface area contributed by atoms with Gasteiger partial charge in [0.05, 0.1) is 16.3 Å². The second kappa shape index (κ2) is 9.36. The van der Waals surface area contributed by atoms with Crippen LogP contribution in [0.5, 0.6) is 5.75 Å². The van der Waals surface area contributed by atoms with Crippen LogP contribution in [0.25, 0.3) is 0 Å². The van der Waals surface area contributed by atoms with Crippen LogP contribution in [-0.2, 0) is 14.4 Å². The van der Waals surface area contributed by atoms with Gasteiger partial charge in [0.2, 0.25) is 5.91 Å². The van der Waals surface area contributed by atoms with Gasteiger partial charge in [-0.15, -0.1) is 0 Å². The van der Waals surface area contributed by atoms with E-state index in [0.29, 0.717) is 23.1 Å². The van der Waals surface area contributed by atoms with E-state index in [2.05, 4.69) is 42.7 Å². The first kappa shape index (κ1) is 20.7. The lowest BCUT2D eigenvalue weighted by Crippen LogP contribution is -2.49. The standard InChI is InChI=1S/C17H20Br2N2O5/c1-9-6-10(18)7-13(19)15(9)26-8-14(22)20-21-16(23)11-4-2-3-5-12(11)17(24)25/h6-7,11-12H,2-5,8H2,1H3,(H,20,22)(H,21,23)(H,24,25)/t11?,12-/m0/s1. The highest BCUT2D eigenvalue weighted by atomic mass is 79.9. The maximum absolute atomic E-state index is 12.2. The molecule has 0 radical (unpaired) electrons. The largest absolute Gasteiger partial charge is 0.482 e. The Kier molecular flexibility index (Phi) is 7.45. The van der Waals surface area contributed by atoms with Crippen LogP contribution in [0.4, 0.5) is 0 Å². The molecule has 2 atom stereocenters. The molecule has 1 aliphatic rings. The van der Waals surface area contributed by atoms with Crippen LogP contribution in [-0.4, -0.2) is 29.5 Å². The fourth-order valence-corrected chi connectivity index (χ4v) is 4.56. The minimum atomic E-state index is -0.977. The highest BCUT2D eigenvalue weighted by molar-refractivity contribution is 9.11. The Labute approximate surface area is 168 Å². The molecule has 26 heavy (non-hydrogen) atoms. The summed E-state index contributed by atoms with van der Waals surface area (Å²) in [6, 6.07) is 3.66. The topological polar surface area (TPSA) is 105 Å². The van der Waals surface area contributed by atoms with Crippen molar-refractivity contribution in [2.75, 3.05) is 6.61 Å². The number of carbonyl (C=O) groups excluding carboxylic acids is 2. The van der Waals surface area contributed by atoms with Crippen LogP contribution >= 0.6 is 31.9 Å². The maximum Gasteiger partial charge on any atom is 0.307 e. The van der Waals surface area contributed by atoms with Gasteiger partial charge >= 0.3 is 5.97 Å². The SMILES string of the molecule is Cc1cc(Br)cc(Br)c1OCC(=O)NNC(=O)C1CCCC[C@@H]1C(=O)O. The van der Waals surface area contributed by atoms with Crippen LogP contribution < -0.4 is 15.6 Å². The van der Waals surface area contributed by atoms with Crippen LogP contribution in [0.15, 0.2) is 21.1 Å². The molecule has 0 bridgehead atoms. The maximum atomic E-state index is 12.2. The number of ether oxygens (including phenoxy) is 1. The number of hydrogen-bond donors (Lipinski definition) is 3. The number of rotatable bonds is 5. The molecule has 2 rings (SSSR count). The predicted molar refractivity (Wildman–Crippen MR) is 101 cm³/mol. The molecule has 0 spiro atoms. The molecule has 3 N–H and O–H groups in total. The minimum Gasteiger partial charge on any atom is -0.482 e. The zero-order chi connectivity index (χ0) is 19.3. The number of carbonyl (C=O) groups is 3. The Balaban J connectivity index is 1.85. The van der Waals surface area contributed by atoms with Crippen LogP contribution in [0, 0.1) is 18.8 Å². The molecule has 1 saturated carbocycles. The molecule has 142 valence electrons. The quantitative estimate of drug-likeness (QED) is 0.549. The molecule has 1 aliphatic carbocycles. The minimum absolute atomic E-state index is 0.283. The number of hydrazine groups is 1. The fraction of sp³-hybridized carbons (Fsp3) is 0.471. The van der Waals surface area contributed by atoms with Gasteiger partial charge in [-0.25, -0.2) is 0 Å². The molecule has 1 aromatic rings. The molecule has 7 nitrogen and oxygen atoms in total. The second-order valence-corrected chi connectivity index (χ2v) is 7.97. The van der Waals surface area contributed by atoms with E-state index in [4.69, 9.17) is 4.74 Å². The Bertz CT molecular complexity index is 687. The highest BCUT2D eigenvalue weighted by Gasteiger charge is 2.35. The van der Waals surface area contributed by atoms with E-state index in [-0.39, 0.29) is 6.61 Å². The van der Waals surface area contributed by atoms with Gasteiger partial charge in [-0.2, -0.15) is 0 Å². The molecule has 0 aliphatic heterocycles. The van der Waals surface area contributed by atoms with Crippen molar-refractivity contribution in [2.45, 2.75) is 32.6 Å². The summed E-state index contributed by atoms with van der Waals surface area (Å²) in [5.74, 6) is -2.80. The Hall–Kier alpha value is -1.61. The van der Waals surface area contributed by atoms with Crippen LogP contribution in [0.2, 0.25) is 0 Å². The zero-order valence-electron chi connectivity index (χ0n) is 14.2. The normalized spacial score (nSPS) is 19.5. The predicted octanol–water partition coefficient (Wildman–Crippen LogP) is 2.94. The molecule has 0 heterocycles. The Morgan fingerprint density at radius 1 is 1.15 bits per heavy atom. The molecule has 2 amide bonds. The molecular formula is C17H20Br2N2O5. The van der Waals surface area contributed by atoms with Gasteiger partial charge < -0.3 is 9.84 Å². The van der Waals surface area contributed by atoms with Crippen molar-refractivity contribution in [1.82, 2.24) is 10.9 Å². The summed E-state index contributed by atoms with van der Waals surface area (Å²) in [6.45, 7) is 1.56. The van der Waals surface area contributed by atoms with Crippen LogP contribution in [0.3, 0.4) is 0 Å². The number of carboxylic acid groups (broad SMARTS) is 1. The van der Waals surface area contributed by atoms with E-state index in [1.165, 1.54) is 0 Å². The summed E-state index contributed by atoms with van der Waals surface area (Å²) in [4.78, 5) is 35.4. The molecule has 9 heteroatoms. The average molecular weight is 492 g/mol. The number of aryl methyl sites for hydroxylation is 1. The Morgan fingerprint density at radius 3 is 2.42 bits per heavy atom. The molecule has 1 aromatic carbocycles. The van der Waals surface area contributed by atoms with Crippen molar-refractivity contribution in [2.24, 2.45) is 11.8 Å². The lowest BCUT2D eigenvalue weighted by atomic mass is 9.79. The molecule has 1 fully saturated rings. The third-order valence-corrected chi connectivity index (χ3v) is 5.33. The van der Waals surface area contributed by atoms with Crippen molar-refractivity contribution < 1.29 is 24.2 Å². The number of amides is 2. The number of halogens is 2. The smallest absolute Gasteiger partial charge is 0.307 e. The van der Waals surface area contributed by atoms with E-state index in [1.54, 1.807) is 6.07 Å². The fourth-order valence-electron chi connectivity index (χ4n) is 3.01. The third kappa shape index (κ3) is 5.44. The Morgan fingerprint density at radius 2 is 1.81 bits per heavy atom. The summed E-state index contributed by atoms with van der Waals surface area (Å²) >= 11 is 6.74. The van der Waals surface area contributed by atoms with Crippen molar-refractivity contribution in [3.8, 4) is 5.75 Å². The second-order valence-electron chi connectivity index (χ2n) is 6.20. The van der Waals surface area contributed by atoms with Crippen molar-refractivity contribution >= 4 is 49.6 Å². The van der Waals surface area contributed by atoms with Gasteiger partial charge in [-0.05, 0) is 53.4 Å². The number of aliphatic carboxylic acids is 1. The molecule has 1 unspecified atom stereocenters. The first-order chi connectivity index (χ1) is 12.3. The third-order valence-electron chi connectivity index (χ3n) is 4.29. The zero-order valence-corrected chi connectivity index (χ0v) is 17.4. The van der Waals surface area contributed by atoms with Gasteiger partial charge in [-0.1, -0.05) is 28.8 Å². The summed E-state index contributed by atoms with van der Waals surface area (Å²) in [5, 5.41) is 9.22. The highest BCUT2D eigenvalue weighted by Crippen LogP contribution is 2.32. The monoisotopic (exact) mass is 490 g/mol. The van der Waals surface area contributed by atoms with E-state index >= 15 is 0 Å². The van der Waals surface area contributed by atoms with Crippen LogP contribution in [0.1, 0.15) is 31.2 Å². The van der Waals surface area contributed by atoms with Crippen molar-refractivity contribution in [3.05, 3.63) is 26.6 Å². The summed E-state index contributed by atoms with van der Waals surface area (Å²) in [6.07, 6.45) is 2.57. The van der Waals surface area contributed by atoms with E-state index in [1.807, 2.05) is 13.0 Å². The lowest BCUT2D eigenvalue weighted by molar-refractivity contribution is -0.149. The molecular weight excluding hydrogens is 472 g/mol. The van der Waals surface area contributed by atoms with Crippen molar-refractivity contribution in [3.63, 3.8) is 0 Å². The van der Waals surface area contributed by atoms with Crippen molar-refractivity contribution in [1.29, 1.82) is 0 Å². The summed E-state index contributed by atoms with van der Waals surface area (Å²) in [7, 11) is 0. The van der Waals surface area contributed by atoms with Gasteiger partial charge in [0.1, 0.15) is 5.75 Å². The number of hydrogen-bond acceptors (Lipinski definition) is 4. The van der Waals surface area contributed by atoms with Gasteiger partial charge in [-0.3, -0.25) is 25.2 Å². The summed E-state index contributed by atoms with van der Waals surface area (Å²) < 4.78 is 7.08. The van der Waals surface area contributed by atoms with Gasteiger partial charge in [0, 0.05) is 4.47 Å². The average Bonchev–Trinajstić information content (AvgIpc) is 2.58. The number of nitrogens with one attached hydrogen (secondary N) is 2. The number of carboxylic acids is 1. The first-order valence-corrected chi connectivity index (χ1v) is 9.78. The van der Waals surface area contributed by atoms with E-state index in [0.717, 1.165) is 22.9 Å². The number of benzene rings is 1. The first-order valence-electron chi connectivity index (χ1n) is 8.19. The lowest BCUT2D eigenvalue weighted by Gasteiger charge is -2.27. The molecule has 0 aromatic heterocycles. The van der Waals surface area contributed by atoms with E-state index in [9.17, 15) is 19.5 Å². The van der Waals surface area contributed by atoms with Gasteiger partial charge in [0.25, 0.3) is 5.91 Å². The molecule has 0 saturated heterocycles. The summed E-state index contributed by atoms with van der Waals surface area (Å²) in [5.41, 5.74) is 5.43. The van der Waals surface area contributed by atoms with Gasteiger partial charge in [0.15, 0.2) is 6.61 Å².